The number of morpholine rings is 1. The standard InChI is InChI=1S/C12H22N2O4/c1-4-13(6-5-11(15)16)12(17)14-7-10(3)18-8-9(14)2/h9-10H,4-8H2,1-3H3,(H,15,16). The van der Waals surface area contributed by atoms with E-state index in [0.29, 0.717) is 19.7 Å². The van der Waals surface area contributed by atoms with E-state index in [9.17, 15) is 9.59 Å². The van der Waals surface area contributed by atoms with Crippen molar-refractivity contribution in [1.29, 1.82) is 0 Å². The summed E-state index contributed by atoms with van der Waals surface area (Å²) in [4.78, 5) is 26.2. The highest BCUT2D eigenvalue weighted by atomic mass is 16.5. The molecule has 1 N–H and O–H groups in total. The highest BCUT2D eigenvalue weighted by Gasteiger charge is 2.30. The van der Waals surface area contributed by atoms with Crippen LogP contribution in [-0.2, 0) is 9.53 Å². The molecule has 0 aromatic heterocycles. The molecule has 1 saturated heterocycles. The average molecular weight is 258 g/mol. The van der Waals surface area contributed by atoms with Crippen molar-refractivity contribution in [2.24, 2.45) is 0 Å². The number of carbonyl (C=O) groups is 2. The zero-order valence-corrected chi connectivity index (χ0v) is 11.3. The van der Waals surface area contributed by atoms with Gasteiger partial charge in [0, 0.05) is 19.6 Å². The smallest absolute Gasteiger partial charge is 0.320 e. The molecule has 0 aromatic rings. The van der Waals surface area contributed by atoms with Crippen LogP contribution in [0, 0.1) is 0 Å². The Bertz CT molecular complexity index is 308. The second-order valence-electron chi connectivity index (χ2n) is 4.65. The molecule has 6 nitrogen and oxygen atoms in total. The molecule has 0 spiro atoms. The fourth-order valence-electron chi connectivity index (χ4n) is 1.97. The summed E-state index contributed by atoms with van der Waals surface area (Å²) in [7, 11) is 0. The van der Waals surface area contributed by atoms with Crippen molar-refractivity contribution in [3.8, 4) is 0 Å². The summed E-state index contributed by atoms with van der Waals surface area (Å²) in [6, 6.07) is -0.0611. The Morgan fingerprint density at radius 3 is 2.67 bits per heavy atom. The largest absolute Gasteiger partial charge is 0.481 e. The van der Waals surface area contributed by atoms with Crippen LogP contribution in [0.3, 0.4) is 0 Å². The molecule has 1 fully saturated rings. The lowest BCUT2D eigenvalue weighted by molar-refractivity contribution is -0.137. The van der Waals surface area contributed by atoms with Gasteiger partial charge in [-0.1, -0.05) is 0 Å². The van der Waals surface area contributed by atoms with Crippen molar-refractivity contribution in [3.05, 3.63) is 0 Å². The Hall–Kier alpha value is -1.30. The number of urea groups is 1. The summed E-state index contributed by atoms with van der Waals surface area (Å²) >= 11 is 0. The van der Waals surface area contributed by atoms with Crippen LogP contribution in [0.2, 0.25) is 0 Å². The topological polar surface area (TPSA) is 70.1 Å². The molecule has 1 aliphatic heterocycles. The number of rotatable bonds is 4. The highest BCUT2D eigenvalue weighted by Crippen LogP contribution is 2.14. The van der Waals surface area contributed by atoms with Crippen molar-refractivity contribution in [1.82, 2.24) is 9.80 Å². The van der Waals surface area contributed by atoms with Gasteiger partial charge >= 0.3 is 12.0 Å². The minimum atomic E-state index is -0.885. The van der Waals surface area contributed by atoms with Crippen molar-refractivity contribution in [2.75, 3.05) is 26.2 Å². The van der Waals surface area contributed by atoms with Gasteiger partial charge in [0.15, 0.2) is 0 Å². The Labute approximate surface area is 107 Å². The summed E-state index contributed by atoms with van der Waals surface area (Å²) < 4.78 is 5.48. The highest BCUT2D eigenvalue weighted by molar-refractivity contribution is 5.76. The average Bonchev–Trinajstić information content (AvgIpc) is 2.32. The van der Waals surface area contributed by atoms with E-state index in [-0.39, 0.29) is 31.1 Å². The molecule has 6 heteroatoms. The van der Waals surface area contributed by atoms with Crippen LogP contribution in [0.5, 0.6) is 0 Å². The first-order valence-corrected chi connectivity index (χ1v) is 6.34. The molecule has 2 amide bonds. The van der Waals surface area contributed by atoms with E-state index in [1.54, 1.807) is 9.80 Å². The van der Waals surface area contributed by atoms with Crippen LogP contribution in [0.4, 0.5) is 4.79 Å². The van der Waals surface area contributed by atoms with E-state index in [0.717, 1.165) is 0 Å². The third-order valence-electron chi connectivity index (χ3n) is 3.10. The van der Waals surface area contributed by atoms with Crippen LogP contribution < -0.4 is 0 Å². The second kappa shape index (κ2) is 6.58. The monoisotopic (exact) mass is 258 g/mol. The van der Waals surface area contributed by atoms with Gasteiger partial charge in [0.1, 0.15) is 0 Å². The number of carboxylic acid groups (broad SMARTS) is 1. The van der Waals surface area contributed by atoms with E-state index in [1.807, 2.05) is 20.8 Å². The fraction of sp³-hybridized carbons (Fsp3) is 0.833. The van der Waals surface area contributed by atoms with Gasteiger partial charge in [0.25, 0.3) is 0 Å². The maximum absolute atomic E-state index is 12.3. The molecule has 18 heavy (non-hydrogen) atoms. The maximum Gasteiger partial charge on any atom is 0.320 e. The first-order chi connectivity index (χ1) is 8.45. The minimum Gasteiger partial charge on any atom is -0.481 e. The van der Waals surface area contributed by atoms with Crippen LogP contribution in [0.15, 0.2) is 0 Å². The normalized spacial score (nSPS) is 23.8. The van der Waals surface area contributed by atoms with Crippen molar-refractivity contribution in [2.45, 2.75) is 39.3 Å². The van der Waals surface area contributed by atoms with Crippen LogP contribution in [0.1, 0.15) is 27.2 Å². The summed E-state index contributed by atoms with van der Waals surface area (Å²) in [5, 5.41) is 8.67. The summed E-state index contributed by atoms with van der Waals surface area (Å²) in [6.07, 6.45) is 0.0109. The Kier molecular flexibility index (Phi) is 5.40. The van der Waals surface area contributed by atoms with Crippen molar-refractivity contribution >= 4 is 12.0 Å². The van der Waals surface area contributed by atoms with Crippen molar-refractivity contribution in [3.63, 3.8) is 0 Å². The van der Waals surface area contributed by atoms with Gasteiger partial charge in [0.05, 0.1) is 25.2 Å². The van der Waals surface area contributed by atoms with Crippen molar-refractivity contribution < 1.29 is 19.4 Å². The predicted octanol–water partition coefficient (Wildman–Crippen LogP) is 1.01. The zero-order chi connectivity index (χ0) is 13.7. The van der Waals surface area contributed by atoms with E-state index >= 15 is 0 Å². The maximum atomic E-state index is 12.3. The third-order valence-corrected chi connectivity index (χ3v) is 3.10. The fourth-order valence-corrected chi connectivity index (χ4v) is 1.97. The number of aliphatic carboxylic acids is 1. The van der Waals surface area contributed by atoms with Crippen LogP contribution in [-0.4, -0.2) is 65.3 Å². The lowest BCUT2D eigenvalue weighted by Gasteiger charge is -2.39. The number of hydrogen-bond acceptors (Lipinski definition) is 3. The first-order valence-electron chi connectivity index (χ1n) is 6.34. The van der Waals surface area contributed by atoms with Gasteiger partial charge in [-0.15, -0.1) is 0 Å². The van der Waals surface area contributed by atoms with Gasteiger partial charge in [0.2, 0.25) is 0 Å². The van der Waals surface area contributed by atoms with E-state index in [4.69, 9.17) is 9.84 Å². The van der Waals surface area contributed by atoms with Gasteiger partial charge in [-0.05, 0) is 20.8 Å². The van der Waals surface area contributed by atoms with E-state index in [2.05, 4.69) is 0 Å². The Morgan fingerprint density at radius 2 is 2.11 bits per heavy atom. The lowest BCUT2D eigenvalue weighted by atomic mass is 10.2. The first kappa shape index (κ1) is 14.8. The van der Waals surface area contributed by atoms with Crippen LogP contribution >= 0.6 is 0 Å². The summed E-state index contributed by atoms with van der Waals surface area (Å²) in [5.74, 6) is -0.885. The molecule has 2 unspecified atom stereocenters. The number of hydrogen-bond donors (Lipinski definition) is 1. The molecule has 104 valence electrons. The predicted molar refractivity (Wildman–Crippen MR) is 66.5 cm³/mol. The minimum absolute atomic E-state index is 0.0200. The molecule has 0 saturated carbocycles. The molecule has 1 rings (SSSR count). The second-order valence-corrected chi connectivity index (χ2v) is 4.65. The molecular formula is C12H22N2O4. The Morgan fingerprint density at radius 1 is 1.44 bits per heavy atom. The molecule has 1 heterocycles. The lowest BCUT2D eigenvalue weighted by Crippen LogP contribution is -2.54. The van der Waals surface area contributed by atoms with E-state index in [1.165, 1.54) is 0 Å². The number of ether oxygens (including phenoxy) is 1. The van der Waals surface area contributed by atoms with E-state index < -0.39 is 5.97 Å². The SMILES string of the molecule is CCN(CCC(=O)O)C(=O)N1CC(C)OCC1C. The number of amides is 2. The molecule has 1 aliphatic rings. The molecular weight excluding hydrogens is 236 g/mol. The van der Waals surface area contributed by atoms with Crippen LogP contribution in [0.25, 0.3) is 0 Å². The quantitative estimate of drug-likeness (QED) is 0.817. The van der Waals surface area contributed by atoms with Gasteiger partial charge < -0.3 is 19.6 Å². The van der Waals surface area contributed by atoms with Gasteiger partial charge in [-0.2, -0.15) is 0 Å². The molecule has 0 radical (unpaired) electrons. The molecule has 2 atom stereocenters. The number of carboxylic acids is 1. The molecule has 0 bridgehead atoms. The summed E-state index contributed by atoms with van der Waals surface area (Å²) in [5.41, 5.74) is 0. The molecule has 0 aliphatic carbocycles. The van der Waals surface area contributed by atoms with Gasteiger partial charge in [-0.25, -0.2) is 4.79 Å². The molecule has 0 aromatic carbocycles. The zero-order valence-electron chi connectivity index (χ0n) is 11.3. The third kappa shape index (κ3) is 3.87. The number of carbonyl (C=O) groups excluding carboxylic acids is 1. The Balaban J connectivity index is 2.61. The van der Waals surface area contributed by atoms with Gasteiger partial charge in [-0.3, -0.25) is 4.79 Å². The number of nitrogens with zero attached hydrogens (tertiary/aromatic N) is 2. The summed E-state index contributed by atoms with van der Waals surface area (Å²) in [6.45, 7) is 7.59.